The largest absolute Gasteiger partial charge is 0.480 e. The highest BCUT2D eigenvalue weighted by Crippen LogP contribution is 2.06. The molecule has 0 unspecified atom stereocenters. The van der Waals surface area contributed by atoms with E-state index in [1.54, 1.807) is 6.92 Å². The highest BCUT2D eigenvalue weighted by Gasteiger charge is 2.16. The van der Waals surface area contributed by atoms with Crippen molar-refractivity contribution < 1.29 is 18.3 Å². The lowest BCUT2D eigenvalue weighted by Crippen LogP contribution is -2.22. The molecule has 0 aliphatic rings. The van der Waals surface area contributed by atoms with Gasteiger partial charge in [0.2, 0.25) is 10.0 Å². The van der Waals surface area contributed by atoms with Gasteiger partial charge in [0.05, 0.1) is 0 Å². The highest BCUT2D eigenvalue weighted by atomic mass is 32.2. The third-order valence-corrected chi connectivity index (χ3v) is 2.43. The summed E-state index contributed by atoms with van der Waals surface area (Å²) in [6, 6.07) is 1.46. The van der Waals surface area contributed by atoms with Gasteiger partial charge >= 0.3 is 5.97 Å². The van der Waals surface area contributed by atoms with Gasteiger partial charge in [0.1, 0.15) is 0 Å². The number of carboxylic acid groups (broad SMARTS) is 1. The molecule has 0 spiro atoms. The maximum absolute atomic E-state index is 11.1. The average molecular weight is 219 g/mol. The number of aromatic amines is 1. The summed E-state index contributed by atoms with van der Waals surface area (Å²) in [5, 5.41) is 14.4. The molecule has 8 heteroatoms. The molecule has 0 fully saturated rings. The van der Waals surface area contributed by atoms with Gasteiger partial charge in [-0.3, -0.25) is 14.6 Å². The number of aryl methyl sites for hydroxylation is 1. The van der Waals surface area contributed by atoms with E-state index in [4.69, 9.17) is 5.11 Å². The van der Waals surface area contributed by atoms with Crippen molar-refractivity contribution in [2.24, 2.45) is 0 Å². The van der Waals surface area contributed by atoms with Crippen LogP contribution in [-0.2, 0) is 14.8 Å². The second-order valence-electron chi connectivity index (χ2n) is 2.69. The number of rotatable bonds is 4. The second-order valence-corrected chi connectivity index (χ2v) is 4.41. The van der Waals surface area contributed by atoms with Crippen molar-refractivity contribution >= 4 is 21.8 Å². The molecule has 1 rings (SSSR count). The Morgan fingerprint density at radius 1 is 1.71 bits per heavy atom. The molecule has 3 N–H and O–H groups in total. The van der Waals surface area contributed by atoms with Crippen LogP contribution in [-0.4, -0.2) is 35.4 Å². The lowest BCUT2D eigenvalue weighted by molar-refractivity contribution is -0.134. The molecule has 1 heterocycles. The standard InChI is InChI=1S/C6H9N3O4S/c1-4-2-5(8-7-4)9-14(12,13)3-6(10)11/h2H,3H2,1H3,(H,10,11)(H2,7,8,9). The van der Waals surface area contributed by atoms with Crippen LogP contribution in [0, 0.1) is 6.92 Å². The summed E-state index contributed by atoms with van der Waals surface area (Å²) in [7, 11) is -3.85. The van der Waals surface area contributed by atoms with E-state index in [9.17, 15) is 13.2 Å². The fraction of sp³-hybridized carbons (Fsp3) is 0.333. The first-order chi connectivity index (χ1) is 6.39. The fourth-order valence-corrected chi connectivity index (χ4v) is 1.65. The number of sulfonamides is 1. The number of hydrogen-bond donors (Lipinski definition) is 3. The van der Waals surface area contributed by atoms with E-state index in [2.05, 4.69) is 10.2 Å². The number of nitrogens with one attached hydrogen (secondary N) is 2. The van der Waals surface area contributed by atoms with Crippen molar-refractivity contribution in [2.75, 3.05) is 10.5 Å². The molecule has 0 aliphatic carbocycles. The number of nitrogens with zero attached hydrogens (tertiary/aromatic N) is 1. The number of aromatic nitrogens is 2. The molecule has 0 atom stereocenters. The first-order valence-electron chi connectivity index (χ1n) is 3.63. The summed E-state index contributed by atoms with van der Waals surface area (Å²) in [4.78, 5) is 10.2. The van der Waals surface area contributed by atoms with Crippen LogP contribution in [0.15, 0.2) is 6.07 Å². The number of hydrogen-bond acceptors (Lipinski definition) is 4. The summed E-state index contributed by atoms with van der Waals surface area (Å²) < 4.78 is 24.2. The predicted molar refractivity (Wildman–Crippen MR) is 48.4 cm³/mol. The van der Waals surface area contributed by atoms with Gasteiger partial charge < -0.3 is 5.11 Å². The zero-order valence-electron chi connectivity index (χ0n) is 7.31. The maximum atomic E-state index is 11.1. The van der Waals surface area contributed by atoms with Crippen LogP contribution in [0.3, 0.4) is 0 Å². The SMILES string of the molecule is Cc1cc(NS(=O)(=O)CC(=O)O)n[nH]1. The zero-order chi connectivity index (χ0) is 10.8. The van der Waals surface area contributed by atoms with Crippen molar-refractivity contribution in [1.82, 2.24) is 10.2 Å². The molecule has 0 aromatic carbocycles. The van der Waals surface area contributed by atoms with E-state index in [1.807, 2.05) is 4.72 Å². The molecule has 0 saturated carbocycles. The lowest BCUT2D eigenvalue weighted by atomic mass is 10.5. The fourth-order valence-electron chi connectivity index (χ4n) is 0.828. The van der Waals surface area contributed by atoms with Crippen molar-refractivity contribution in [3.05, 3.63) is 11.8 Å². The van der Waals surface area contributed by atoms with Gasteiger partial charge in [-0.05, 0) is 6.92 Å². The Labute approximate surface area is 80.2 Å². The normalized spacial score (nSPS) is 11.2. The van der Waals surface area contributed by atoms with Crippen LogP contribution in [0.5, 0.6) is 0 Å². The van der Waals surface area contributed by atoms with Crippen LogP contribution in [0.2, 0.25) is 0 Å². The Kier molecular flexibility index (Phi) is 2.75. The Morgan fingerprint density at radius 2 is 2.36 bits per heavy atom. The number of H-pyrrole nitrogens is 1. The van der Waals surface area contributed by atoms with Gasteiger partial charge in [-0.2, -0.15) is 5.10 Å². The molecular formula is C6H9N3O4S. The Hall–Kier alpha value is -1.57. The number of anilines is 1. The maximum Gasteiger partial charge on any atom is 0.320 e. The van der Waals surface area contributed by atoms with E-state index in [-0.39, 0.29) is 5.82 Å². The minimum atomic E-state index is -3.85. The molecule has 78 valence electrons. The monoisotopic (exact) mass is 219 g/mol. The minimum Gasteiger partial charge on any atom is -0.480 e. The molecule has 1 aromatic heterocycles. The molecule has 0 amide bonds. The third-order valence-electron chi connectivity index (χ3n) is 1.28. The summed E-state index contributed by atoms with van der Waals surface area (Å²) in [6.07, 6.45) is 0. The Bertz CT molecular complexity index is 436. The van der Waals surface area contributed by atoms with Crippen molar-refractivity contribution in [3.8, 4) is 0 Å². The Morgan fingerprint density at radius 3 is 2.79 bits per heavy atom. The van der Waals surface area contributed by atoms with Crippen molar-refractivity contribution in [1.29, 1.82) is 0 Å². The van der Waals surface area contributed by atoms with E-state index >= 15 is 0 Å². The Balaban J connectivity index is 2.73. The van der Waals surface area contributed by atoms with Crippen LogP contribution in [0.25, 0.3) is 0 Å². The third kappa shape index (κ3) is 3.05. The molecular weight excluding hydrogens is 210 g/mol. The molecule has 1 aromatic rings. The van der Waals surface area contributed by atoms with Gasteiger partial charge in [-0.1, -0.05) is 0 Å². The van der Waals surface area contributed by atoms with Crippen LogP contribution in [0.1, 0.15) is 5.69 Å². The highest BCUT2D eigenvalue weighted by molar-refractivity contribution is 7.93. The topological polar surface area (TPSA) is 112 Å². The first-order valence-corrected chi connectivity index (χ1v) is 5.28. The van der Waals surface area contributed by atoms with E-state index < -0.39 is 21.7 Å². The van der Waals surface area contributed by atoms with E-state index in [1.165, 1.54) is 6.07 Å². The van der Waals surface area contributed by atoms with Gasteiger partial charge in [0.25, 0.3) is 0 Å². The molecule has 0 saturated heterocycles. The van der Waals surface area contributed by atoms with Crippen LogP contribution in [0.4, 0.5) is 5.82 Å². The van der Waals surface area contributed by atoms with Crippen molar-refractivity contribution in [2.45, 2.75) is 6.92 Å². The summed E-state index contributed by atoms with van der Waals surface area (Å²) in [6.45, 7) is 1.70. The smallest absolute Gasteiger partial charge is 0.320 e. The molecule has 0 bridgehead atoms. The number of carboxylic acids is 1. The van der Waals surface area contributed by atoms with Crippen LogP contribution >= 0.6 is 0 Å². The van der Waals surface area contributed by atoms with Crippen molar-refractivity contribution in [3.63, 3.8) is 0 Å². The van der Waals surface area contributed by atoms with Gasteiger partial charge in [0, 0.05) is 11.8 Å². The molecule has 14 heavy (non-hydrogen) atoms. The molecule has 7 nitrogen and oxygen atoms in total. The summed E-state index contributed by atoms with van der Waals surface area (Å²) >= 11 is 0. The first kappa shape index (κ1) is 10.5. The van der Waals surface area contributed by atoms with E-state index in [0.717, 1.165) is 0 Å². The summed E-state index contributed by atoms with van der Waals surface area (Å²) in [5.41, 5.74) is 0.679. The molecule has 0 radical (unpaired) electrons. The minimum absolute atomic E-state index is 0.0868. The summed E-state index contributed by atoms with van der Waals surface area (Å²) in [5.74, 6) is -2.30. The zero-order valence-corrected chi connectivity index (χ0v) is 8.13. The quantitative estimate of drug-likeness (QED) is 0.634. The van der Waals surface area contributed by atoms with E-state index in [0.29, 0.717) is 5.69 Å². The van der Waals surface area contributed by atoms with Gasteiger partial charge in [0.15, 0.2) is 11.6 Å². The predicted octanol–water partition coefficient (Wildman–Crippen LogP) is -0.456. The average Bonchev–Trinajstić information content (AvgIpc) is 2.30. The number of carbonyl (C=O) groups is 1. The van der Waals surface area contributed by atoms with Gasteiger partial charge in [-0.25, -0.2) is 8.42 Å². The van der Waals surface area contributed by atoms with Gasteiger partial charge in [-0.15, -0.1) is 0 Å². The molecule has 0 aliphatic heterocycles. The van der Waals surface area contributed by atoms with Crippen LogP contribution < -0.4 is 4.72 Å². The number of aliphatic carboxylic acids is 1. The lowest BCUT2D eigenvalue weighted by Gasteiger charge is -2.00. The second kappa shape index (κ2) is 3.66.